The molecule has 0 amide bonds. The molecule has 4 nitrogen and oxygen atoms in total. The molecule has 0 bridgehead atoms. The first-order valence-corrected chi connectivity index (χ1v) is 9.53. The summed E-state index contributed by atoms with van der Waals surface area (Å²) >= 11 is 0. The molecule has 1 aliphatic heterocycles. The summed E-state index contributed by atoms with van der Waals surface area (Å²) in [6.45, 7) is 2.84. The van der Waals surface area contributed by atoms with E-state index in [9.17, 15) is 9.90 Å². The monoisotopic (exact) mass is 360 g/mol. The zero-order valence-electron chi connectivity index (χ0n) is 15.5. The zero-order valence-corrected chi connectivity index (χ0v) is 15.5. The number of aryl methyl sites for hydroxylation is 1. The second kappa shape index (κ2) is 7.49. The first kappa shape index (κ1) is 17.7. The number of pyridine rings is 1. The van der Waals surface area contributed by atoms with Gasteiger partial charge in [-0.2, -0.15) is 0 Å². The minimum absolute atomic E-state index is 0.0843. The molecule has 0 aliphatic carbocycles. The number of piperidine rings is 1. The molecular formula is C23H24N2O2. The number of likely N-dealkylation sites (tertiary alicyclic amines) is 1. The molecule has 1 aliphatic rings. The van der Waals surface area contributed by atoms with Crippen LogP contribution < -0.4 is 0 Å². The fraction of sp³-hybridized carbons (Fsp3) is 0.304. The van der Waals surface area contributed by atoms with Crippen molar-refractivity contribution in [3.63, 3.8) is 0 Å². The predicted molar refractivity (Wildman–Crippen MR) is 107 cm³/mol. The SMILES string of the molecule is Cc1cnccc1C(c1ccc2ccccc2c1)N1CCCCC1C(=O)O. The van der Waals surface area contributed by atoms with E-state index >= 15 is 0 Å². The van der Waals surface area contributed by atoms with Gasteiger partial charge in [0.05, 0.1) is 6.04 Å². The molecule has 0 saturated carbocycles. The lowest BCUT2D eigenvalue weighted by molar-refractivity contribution is -0.145. The Morgan fingerprint density at radius 2 is 1.96 bits per heavy atom. The van der Waals surface area contributed by atoms with Crippen LogP contribution in [0.2, 0.25) is 0 Å². The Hall–Kier alpha value is -2.72. The van der Waals surface area contributed by atoms with Crippen LogP contribution in [0.5, 0.6) is 0 Å². The predicted octanol–water partition coefficient (Wildman–Crippen LogP) is 4.57. The minimum Gasteiger partial charge on any atom is -0.480 e. The number of nitrogens with zero attached hydrogens (tertiary/aromatic N) is 2. The molecule has 0 radical (unpaired) electrons. The third-order valence-corrected chi connectivity index (χ3v) is 5.61. The number of rotatable bonds is 4. The topological polar surface area (TPSA) is 53.4 Å². The van der Waals surface area contributed by atoms with Gasteiger partial charge in [-0.1, -0.05) is 42.8 Å². The molecule has 0 spiro atoms. The average Bonchev–Trinajstić information content (AvgIpc) is 2.70. The van der Waals surface area contributed by atoms with Crippen molar-refractivity contribution in [1.29, 1.82) is 0 Å². The molecular weight excluding hydrogens is 336 g/mol. The number of aliphatic carboxylic acids is 1. The van der Waals surface area contributed by atoms with Crippen molar-refractivity contribution in [2.24, 2.45) is 0 Å². The molecule has 4 heteroatoms. The third-order valence-electron chi connectivity index (χ3n) is 5.61. The van der Waals surface area contributed by atoms with Gasteiger partial charge in [0, 0.05) is 12.4 Å². The van der Waals surface area contributed by atoms with Gasteiger partial charge in [0.1, 0.15) is 6.04 Å². The molecule has 2 aromatic carbocycles. The number of carbonyl (C=O) groups is 1. The number of carboxylic acids is 1. The van der Waals surface area contributed by atoms with Gasteiger partial charge in [-0.3, -0.25) is 14.7 Å². The van der Waals surface area contributed by atoms with Crippen LogP contribution in [-0.4, -0.2) is 33.5 Å². The van der Waals surface area contributed by atoms with E-state index < -0.39 is 12.0 Å². The van der Waals surface area contributed by atoms with Crippen LogP contribution in [0.25, 0.3) is 10.8 Å². The molecule has 1 N–H and O–H groups in total. The second-order valence-electron chi connectivity index (χ2n) is 7.33. The lowest BCUT2D eigenvalue weighted by Crippen LogP contribution is -2.47. The molecule has 2 unspecified atom stereocenters. The summed E-state index contributed by atoms with van der Waals surface area (Å²) in [4.78, 5) is 18.4. The molecule has 1 aromatic heterocycles. The summed E-state index contributed by atoms with van der Waals surface area (Å²) in [7, 11) is 0. The molecule has 138 valence electrons. The van der Waals surface area contributed by atoms with E-state index in [1.165, 1.54) is 10.8 Å². The van der Waals surface area contributed by atoms with E-state index in [0.717, 1.165) is 36.1 Å². The molecule has 4 rings (SSSR count). The molecule has 1 fully saturated rings. The molecule has 2 heterocycles. The van der Waals surface area contributed by atoms with Crippen LogP contribution >= 0.6 is 0 Å². The number of benzene rings is 2. The number of hydrogen-bond acceptors (Lipinski definition) is 3. The van der Waals surface area contributed by atoms with Gasteiger partial charge in [0.15, 0.2) is 0 Å². The second-order valence-corrected chi connectivity index (χ2v) is 7.33. The fourth-order valence-corrected chi connectivity index (χ4v) is 4.25. The summed E-state index contributed by atoms with van der Waals surface area (Å²) < 4.78 is 0. The number of hydrogen-bond donors (Lipinski definition) is 1. The maximum Gasteiger partial charge on any atom is 0.320 e. The average molecular weight is 360 g/mol. The normalized spacial score (nSPS) is 19.1. The molecule has 27 heavy (non-hydrogen) atoms. The third kappa shape index (κ3) is 3.45. The number of carboxylic acid groups (broad SMARTS) is 1. The highest BCUT2D eigenvalue weighted by Gasteiger charge is 2.35. The Morgan fingerprint density at radius 3 is 2.74 bits per heavy atom. The van der Waals surface area contributed by atoms with Crippen molar-refractivity contribution in [2.75, 3.05) is 6.54 Å². The van der Waals surface area contributed by atoms with Crippen LogP contribution in [0.4, 0.5) is 0 Å². The Morgan fingerprint density at radius 1 is 1.15 bits per heavy atom. The highest BCUT2D eigenvalue weighted by molar-refractivity contribution is 5.83. The quantitative estimate of drug-likeness (QED) is 0.740. The van der Waals surface area contributed by atoms with Crippen molar-refractivity contribution < 1.29 is 9.90 Å². The Kier molecular flexibility index (Phi) is 4.90. The summed E-state index contributed by atoms with van der Waals surface area (Å²) in [6, 6.07) is 16.3. The van der Waals surface area contributed by atoms with Gasteiger partial charge in [-0.05, 0) is 65.9 Å². The van der Waals surface area contributed by atoms with E-state index in [4.69, 9.17) is 0 Å². The highest BCUT2D eigenvalue weighted by Crippen LogP contribution is 2.36. The first-order valence-electron chi connectivity index (χ1n) is 9.53. The lowest BCUT2D eigenvalue weighted by Gasteiger charge is -2.40. The van der Waals surface area contributed by atoms with Gasteiger partial charge in [-0.25, -0.2) is 0 Å². The van der Waals surface area contributed by atoms with Crippen LogP contribution in [0.15, 0.2) is 60.9 Å². The largest absolute Gasteiger partial charge is 0.480 e. The van der Waals surface area contributed by atoms with Crippen LogP contribution in [0, 0.1) is 6.92 Å². The Balaban J connectivity index is 1.87. The summed E-state index contributed by atoms with van der Waals surface area (Å²) in [6.07, 6.45) is 6.36. The van der Waals surface area contributed by atoms with E-state index in [1.54, 1.807) is 6.20 Å². The smallest absolute Gasteiger partial charge is 0.320 e. The highest BCUT2D eigenvalue weighted by atomic mass is 16.4. The summed E-state index contributed by atoms with van der Waals surface area (Å²) in [5, 5.41) is 12.2. The Bertz CT molecular complexity index is 969. The van der Waals surface area contributed by atoms with E-state index in [2.05, 4.69) is 47.1 Å². The molecule has 1 saturated heterocycles. The Labute approximate surface area is 159 Å². The van der Waals surface area contributed by atoms with E-state index in [-0.39, 0.29) is 6.04 Å². The standard InChI is InChI=1S/C23H24N2O2/c1-16-15-24-12-11-20(16)22(25-13-5-4-8-21(25)23(26)27)19-10-9-17-6-2-3-7-18(17)14-19/h2-3,6-7,9-12,14-15,21-22H,4-5,8,13H2,1H3,(H,26,27). The van der Waals surface area contributed by atoms with Gasteiger partial charge in [0.25, 0.3) is 0 Å². The molecule has 2 atom stereocenters. The van der Waals surface area contributed by atoms with Gasteiger partial charge >= 0.3 is 5.97 Å². The van der Waals surface area contributed by atoms with E-state index in [0.29, 0.717) is 6.42 Å². The van der Waals surface area contributed by atoms with Crippen LogP contribution in [0.1, 0.15) is 42.0 Å². The van der Waals surface area contributed by atoms with Gasteiger partial charge < -0.3 is 5.11 Å². The summed E-state index contributed by atoms with van der Waals surface area (Å²) in [5.41, 5.74) is 3.36. The van der Waals surface area contributed by atoms with Crippen LogP contribution in [0.3, 0.4) is 0 Å². The van der Waals surface area contributed by atoms with Gasteiger partial charge in [-0.15, -0.1) is 0 Å². The number of aromatic nitrogens is 1. The van der Waals surface area contributed by atoms with Crippen molar-refractivity contribution in [3.8, 4) is 0 Å². The molecule has 3 aromatic rings. The summed E-state index contributed by atoms with van der Waals surface area (Å²) in [5.74, 6) is -0.729. The number of fused-ring (bicyclic) bond motifs is 1. The maximum absolute atomic E-state index is 12.0. The minimum atomic E-state index is -0.729. The van der Waals surface area contributed by atoms with Crippen molar-refractivity contribution in [3.05, 3.63) is 77.6 Å². The lowest BCUT2D eigenvalue weighted by atomic mass is 9.89. The van der Waals surface area contributed by atoms with Crippen molar-refractivity contribution in [2.45, 2.75) is 38.3 Å². The van der Waals surface area contributed by atoms with Crippen LogP contribution in [-0.2, 0) is 4.79 Å². The zero-order chi connectivity index (χ0) is 18.8. The van der Waals surface area contributed by atoms with Crippen molar-refractivity contribution >= 4 is 16.7 Å². The first-order chi connectivity index (χ1) is 13.1. The van der Waals surface area contributed by atoms with Gasteiger partial charge in [0.2, 0.25) is 0 Å². The van der Waals surface area contributed by atoms with E-state index in [1.807, 2.05) is 24.4 Å². The maximum atomic E-state index is 12.0. The van der Waals surface area contributed by atoms with Crippen molar-refractivity contribution in [1.82, 2.24) is 9.88 Å². The fourth-order valence-electron chi connectivity index (χ4n) is 4.25.